The van der Waals surface area contributed by atoms with Gasteiger partial charge in [0, 0.05) is 11.4 Å². The third-order valence-electron chi connectivity index (χ3n) is 8.66. The van der Waals surface area contributed by atoms with Crippen molar-refractivity contribution in [3.63, 3.8) is 0 Å². The van der Waals surface area contributed by atoms with Crippen LogP contribution in [-0.4, -0.2) is 23.6 Å². The average molecular weight is 737 g/mol. The number of aliphatic imine (C=N–C) groups is 1. The smallest absolute Gasteiger partial charge is 0.253 e. The molecule has 0 aliphatic carbocycles. The van der Waals surface area contributed by atoms with Crippen molar-refractivity contribution in [2.24, 2.45) is 16.8 Å². The number of rotatable bonds is 18. The highest BCUT2D eigenvalue weighted by Gasteiger charge is 2.38. The van der Waals surface area contributed by atoms with Crippen molar-refractivity contribution < 1.29 is 14.4 Å². The van der Waals surface area contributed by atoms with Crippen LogP contribution in [0.3, 0.4) is 0 Å². The monoisotopic (exact) mass is 734 g/mol. The van der Waals surface area contributed by atoms with Gasteiger partial charge in [-0.3, -0.25) is 19.8 Å². The summed E-state index contributed by atoms with van der Waals surface area (Å²) < 4.78 is 0. The van der Waals surface area contributed by atoms with Gasteiger partial charge in [0.2, 0.25) is 11.8 Å². The molecule has 0 saturated carbocycles. The van der Waals surface area contributed by atoms with Gasteiger partial charge in [-0.1, -0.05) is 143 Å². The first-order valence-corrected chi connectivity index (χ1v) is 18.7. The molecule has 2 saturated heterocycles. The maximum absolute atomic E-state index is 13.3. The summed E-state index contributed by atoms with van der Waals surface area (Å²) in [5.74, 6) is -0.261. The zero-order valence-corrected chi connectivity index (χ0v) is 30.9. The molecule has 0 spiro atoms. The van der Waals surface area contributed by atoms with E-state index in [4.69, 9.17) is 46.4 Å². The van der Waals surface area contributed by atoms with E-state index in [9.17, 15) is 14.4 Å². The Morgan fingerprint density at radius 3 is 2.04 bits per heavy atom. The van der Waals surface area contributed by atoms with Gasteiger partial charge >= 0.3 is 0 Å². The lowest BCUT2D eigenvalue weighted by Gasteiger charge is -2.19. The molecule has 1 atom stereocenters. The maximum atomic E-state index is 13.3. The number of nitrogens with zero attached hydrogens (tertiary/aromatic N) is 3. The molecule has 3 amide bonds. The molecule has 0 bridgehead atoms. The van der Waals surface area contributed by atoms with Crippen LogP contribution in [0, 0.1) is 11.8 Å². The van der Waals surface area contributed by atoms with Gasteiger partial charge in [-0.15, -0.1) is 0 Å². The van der Waals surface area contributed by atoms with Crippen molar-refractivity contribution >= 4 is 87.0 Å². The molecule has 260 valence electrons. The molecule has 2 aromatic carbocycles. The summed E-state index contributed by atoms with van der Waals surface area (Å²) in [7, 11) is 0. The number of anilines is 2. The molecule has 2 aromatic rings. The second-order valence-corrected chi connectivity index (χ2v) is 14.8. The Labute approximate surface area is 305 Å². The minimum absolute atomic E-state index is 0.0664. The number of halogens is 4. The molecule has 2 aliphatic rings. The van der Waals surface area contributed by atoms with E-state index in [-0.39, 0.29) is 46.3 Å². The highest BCUT2D eigenvalue weighted by Crippen LogP contribution is 2.38. The molecule has 1 N–H and O–H groups in total. The Kier molecular flexibility index (Phi) is 15.1. The van der Waals surface area contributed by atoms with E-state index in [2.05, 4.69) is 24.3 Å². The zero-order valence-electron chi connectivity index (χ0n) is 27.9. The van der Waals surface area contributed by atoms with Crippen LogP contribution in [0.1, 0.15) is 110 Å². The minimum atomic E-state index is -0.495. The molecular formula is C37H46Cl4N4O3. The fourth-order valence-electron chi connectivity index (χ4n) is 6.06. The van der Waals surface area contributed by atoms with Crippen molar-refractivity contribution in [3.8, 4) is 0 Å². The number of amidine groups is 1. The van der Waals surface area contributed by atoms with Gasteiger partial charge in [0.15, 0.2) is 0 Å². The second-order valence-electron chi connectivity index (χ2n) is 13.1. The molecule has 7 nitrogen and oxygen atoms in total. The van der Waals surface area contributed by atoms with Crippen molar-refractivity contribution in [1.29, 1.82) is 0 Å². The van der Waals surface area contributed by atoms with Gasteiger partial charge in [0.1, 0.15) is 11.5 Å². The Morgan fingerprint density at radius 2 is 1.42 bits per heavy atom. The lowest BCUT2D eigenvalue weighted by molar-refractivity contribution is -0.122. The maximum Gasteiger partial charge on any atom is 0.253 e. The number of hydrogen-bond donors (Lipinski definition) is 1. The van der Waals surface area contributed by atoms with Gasteiger partial charge in [0.25, 0.3) is 5.91 Å². The van der Waals surface area contributed by atoms with Crippen LogP contribution in [0.2, 0.25) is 20.1 Å². The van der Waals surface area contributed by atoms with E-state index in [1.165, 1.54) is 92.7 Å². The molecule has 48 heavy (non-hydrogen) atoms. The van der Waals surface area contributed by atoms with Crippen molar-refractivity contribution in [2.75, 3.05) is 9.91 Å². The van der Waals surface area contributed by atoms with Gasteiger partial charge in [-0.05, 0) is 49.1 Å². The Balaban J connectivity index is 1.22. The van der Waals surface area contributed by atoms with E-state index < -0.39 is 5.92 Å². The third-order valence-corrected chi connectivity index (χ3v) is 9.77. The van der Waals surface area contributed by atoms with Crippen molar-refractivity contribution in [3.05, 3.63) is 62.6 Å². The molecule has 11 heteroatoms. The minimum Gasteiger partial charge on any atom is -0.277 e. The number of nitrogens with one attached hydrogen (secondary N) is 1. The fourth-order valence-corrected chi connectivity index (χ4v) is 7.21. The lowest BCUT2D eigenvalue weighted by atomic mass is 10.0. The Bertz CT molecular complexity index is 1490. The summed E-state index contributed by atoms with van der Waals surface area (Å²) >= 11 is 25.1. The van der Waals surface area contributed by atoms with Crippen LogP contribution in [0.5, 0.6) is 0 Å². The molecule has 2 aliphatic heterocycles. The number of hydrazine groups is 1. The summed E-state index contributed by atoms with van der Waals surface area (Å²) in [5.41, 5.74) is 3.85. The van der Waals surface area contributed by atoms with Crippen LogP contribution >= 0.6 is 46.4 Å². The molecule has 4 rings (SSSR count). The Morgan fingerprint density at radius 1 is 0.812 bits per heavy atom. The number of imide groups is 1. The van der Waals surface area contributed by atoms with Gasteiger partial charge in [0.05, 0.1) is 38.8 Å². The zero-order chi connectivity index (χ0) is 34.6. The van der Waals surface area contributed by atoms with Crippen LogP contribution < -0.4 is 15.3 Å². The fraction of sp³-hybridized carbons (Fsp3) is 0.514. The molecular weight excluding hydrogens is 690 g/mol. The summed E-state index contributed by atoms with van der Waals surface area (Å²) in [4.78, 5) is 44.7. The summed E-state index contributed by atoms with van der Waals surface area (Å²) in [6.45, 7) is 4.60. The van der Waals surface area contributed by atoms with Gasteiger partial charge in [-0.25, -0.2) is 14.9 Å². The standard InChI is InChI=1S/C37H46Cl4N4O3/c1-25(2)16-14-12-10-8-6-4-3-5-7-9-11-13-15-17-26-20-34(46)44(37(26)48)28-18-19-29(39)32(23-28)42-33-24-35(47)45(43-33)36-30(40)21-27(38)22-31(36)41/h15,17-19,21-23,25-26H,3-14,16,20,24H2,1-2H3,(H,42,43)/b17-15+. The number of carbonyl (C=O) groups is 3. The molecule has 0 aromatic heterocycles. The van der Waals surface area contributed by atoms with Crippen LogP contribution in [0.25, 0.3) is 0 Å². The average Bonchev–Trinajstić information content (AvgIpc) is 3.52. The lowest BCUT2D eigenvalue weighted by Crippen LogP contribution is -2.36. The van der Waals surface area contributed by atoms with E-state index in [1.807, 2.05) is 12.2 Å². The van der Waals surface area contributed by atoms with Crippen LogP contribution in [0.15, 0.2) is 47.5 Å². The normalized spacial score (nSPS) is 17.6. The number of allylic oxidation sites excluding steroid dienone is 1. The quantitative estimate of drug-likeness (QED) is 0.0938. The van der Waals surface area contributed by atoms with E-state index in [0.717, 1.165) is 18.8 Å². The summed E-state index contributed by atoms with van der Waals surface area (Å²) in [6, 6.07) is 7.75. The summed E-state index contributed by atoms with van der Waals surface area (Å²) in [6.07, 6.45) is 20.5. The Hall–Kier alpha value is -2.58. The van der Waals surface area contributed by atoms with Crippen LogP contribution in [0.4, 0.5) is 17.1 Å². The number of hydrogen-bond acceptors (Lipinski definition) is 4. The number of benzene rings is 2. The first kappa shape index (κ1) is 38.2. The third kappa shape index (κ3) is 11.0. The van der Waals surface area contributed by atoms with Crippen LogP contribution in [-0.2, 0) is 14.4 Å². The van der Waals surface area contributed by atoms with E-state index in [1.54, 1.807) is 18.2 Å². The topological polar surface area (TPSA) is 82.1 Å². The predicted molar refractivity (Wildman–Crippen MR) is 200 cm³/mol. The molecule has 2 fully saturated rings. The highest BCUT2D eigenvalue weighted by atomic mass is 35.5. The van der Waals surface area contributed by atoms with Crippen molar-refractivity contribution in [1.82, 2.24) is 5.43 Å². The SMILES string of the molecule is CC(C)CCCCCCCCCCCCC/C=C/C1CC(=O)N(c2ccc(Cl)c(N=C3CC(=O)N(c4c(Cl)cc(Cl)cc4Cl)N3)c2)C1=O. The molecule has 0 radical (unpaired) electrons. The molecule has 2 heterocycles. The van der Waals surface area contributed by atoms with Gasteiger partial charge in [-0.2, -0.15) is 0 Å². The number of amides is 3. The molecule has 1 unspecified atom stereocenters. The largest absolute Gasteiger partial charge is 0.277 e. The first-order chi connectivity index (χ1) is 23.0. The van der Waals surface area contributed by atoms with Crippen molar-refractivity contribution in [2.45, 2.75) is 110 Å². The van der Waals surface area contributed by atoms with E-state index in [0.29, 0.717) is 27.3 Å². The number of carbonyl (C=O) groups excluding carboxylic acids is 3. The first-order valence-electron chi connectivity index (χ1n) is 17.2. The summed E-state index contributed by atoms with van der Waals surface area (Å²) in [5, 5.41) is 2.24. The predicted octanol–water partition coefficient (Wildman–Crippen LogP) is 11.4. The number of unbranched alkanes of at least 4 members (excludes halogenated alkanes) is 11. The van der Waals surface area contributed by atoms with E-state index >= 15 is 0 Å². The van der Waals surface area contributed by atoms with Gasteiger partial charge < -0.3 is 0 Å². The highest BCUT2D eigenvalue weighted by molar-refractivity contribution is 6.42. The second kappa shape index (κ2) is 19.0.